The summed E-state index contributed by atoms with van der Waals surface area (Å²) in [5.41, 5.74) is 5.19. The monoisotopic (exact) mass is 489 g/mol. The van der Waals surface area contributed by atoms with Gasteiger partial charge in [0.25, 0.3) is 0 Å². The molecule has 1 saturated heterocycles. The number of hydrogen-bond donors (Lipinski definition) is 2. The molecule has 186 valence electrons. The molecule has 2 aliphatic rings. The van der Waals surface area contributed by atoms with Crippen LogP contribution in [0.25, 0.3) is 5.65 Å². The maximum absolute atomic E-state index is 13.5. The van der Waals surface area contributed by atoms with Crippen molar-refractivity contribution in [3.63, 3.8) is 0 Å². The Morgan fingerprint density at radius 3 is 2.59 bits per heavy atom. The number of nitrogens with two attached hydrogens (primary N) is 1. The molecule has 0 aromatic carbocycles. The summed E-state index contributed by atoms with van der Waals surface area (Å²) in [5, 5.41) is 6.14. The fraction of sp³-hybridized carbons (Fsp3) is 0.619. The minimum atomic E-state index is -4.72. The number of halogens is 5. The SMILES string of the molecule is COC(=O)C1(Cc2ccc3nc([C@@H](N)C4CCC(F)(F)CC4)cn3n2)C[C@@H](C(F)(F)F)NC1=O. The molecule has 2 aromatic rings. The van der Waals surface area contributed by atoms with E-state index in [1.807, 2.05) is 5.32 Å². The van der Waals surface area contributed by atoms with Crippen molar-refractivity contribution in [3.8, 4) is 0 Å². The lowest BCUT2D eigenvalue weighted by atomic mass is 9.80. The third-order valence-electron chi connectivity index (χ3n) is 6.75. The predicted octanol–water partition coefficient (Wildman–Crippen LogP) is 2.71. The van der Waals surface area contributed by atoms with Crippen molar-refractivity contribution >= 4 is 17.5 Å². The van der Waals surface area contributed by atoms with E-state index in [0.717, 1.165) is 7.11 Å². The molecule has 1 saturated carbocycles. The van der Waals surface area contributed by atoms with E-state index in [-0.39, 0.29) is 37.3 Å². The van der Waals surface area contributed by atoms with E-state index in [2.05, 4.69) is 14.8 Å². The number of carbonyl (C=O) groups excluding carboxylic acids is 2. The quantitative estimate of drug-likeness (QED) is 0.380. The van der Waals surface area contributed by atoms with E-state index >= 15 is 0 Å². The Balaban J connectivity index is 1.57. The molecule has 3 heterocycles. The topological polar surface area (TPSA) is 112 Å². The Hall–Kier alpha value is -2.83. The van der Waals surface area contributed by atoms with Gasteiger partial charge < -0.3 is 15.8 Å². The molecule has 3 N–H and O–H groups in total. The fourth-order valence-electron chi connectivity index (χ4n) is 4.75. The number of carbonyl (C=O) groups is 2. The van der Waals surface area contributed by atoms with Gasteiger partial charge in [0.1, 0.15) is 6.04 Å². The first-order chi connectivity index (χ1) is 15.8. The Morgan fingerprint density at radius 2 is 2.00 bits per heavy atom. The smallest absolute Gasteiger partial charge is 0.408 e. The number of aromatic nitrogens is 3. The van der Waals surface area contributed by atoms with Gasteiger partial charge in [-0.3, -0.25) is 9.59 Å². The van der Waals surface area contributed by atoms with Gasteiger partial charge in [-0.15, -0.1) is 0 Å². The number of hydrogen-bond acceptors (Lipinski definition) is 6. The standard InChI is InChI=1S/C21H24F5N5O3/c1-34-18(33)19(9-14(21(24,25)26)29-17(19)32)8-12-2-3-15-28-13(10-31(15)30-12)16(27)11-4-6-20(22,23)7-5-11/h2-3,10-11,14,16H,4-9,27H2,1H3,(H,29,32)/t14-,16-,19?/m0/s1. The van der Waals surface area contributed by atoms with Crippen molar-refractivity contribution in [1.29, 1.82) is 0 Å². The molecule has 3 atom stereocenters. The van der Waals surface area contributed by atoms with Crippen LogP contribution in [-0.4, -0.2) is 51.7 Å². The minimum absolute atomic E-state index is 0.172. The van der Waals surface area contributed by atoms with Crippen LogP contribution in [0.15, 0.2) is 18.3 Å². The zero-order valence-corrected chi connectivity index (χ0v) is 18.2. The van der Waals surface area contributed by atoms with Crippen LogP contribution in [0.5, 0.6) is 0 Å². The number of fused-ring (bicyclic) bond motifs is 1. The molecule has 4 rings (SSSR count). The summed E-state index contributed by atoms with van der Waals surface area (Å²) in [6, 6.07) is 0.226. The van der Waals surface area contributed by atoms with Crippen molar-refractivity contribution in [2.75, 3.05) is 7.11 Å². The number of nitrogens with one attached hydrogen (secondary N) is 1. The zero-order valence-electron chi connectivity index (χ0n) is 18.2. The maximum atomic E-state index is 13.5. The molecular formula is C21H24F5N5O3. The number of rotatable bonds is 5. The molecule has 1 aliphatic heterocycles. The highest BCUT2D eigenvalue weighted by Crippen LogP contribution is 2.41. The van der Waals surface area contributed by atoms with Gasteiger partial charge >= 0.3 is 12.1 Å². The molecule has 2 fully saturated rings. The molecule has 13 heteroatoms. The van der Waals surface area contributed by atoms with E-state index in [1.54, 1.807) is 0 Å². The van der Waals surface area contributed by atoms with Gasteiger partial charge in [0.2, 0.25) is 11.8 Å². The van der Waals surface area contributed by atoms with Crippen LogP contribution in [0.1, 0.15) is 49.5 Å². The summed E-state index contributed by atoms with van der Waals surface area (Å²) in [5.74, 6) is -5.01. The number of amides is 1. The molecule has 0 bridgehead atoms. The van der Waals surface area contributed by atoms with Gasteiger partial charge in [-0.2, -0.15) is 18.3 Å². The fourth-order valence-corrected chi connectivity index (χ4v) is 4.75. The molecule has 34 heavy (non-hydrogen) atoms. The van der Waals surface area contributed by atoms with Crippen LogP contribution >= 0.6 is 0 Å². The second kappa shape index (κ2) is 8.43. The van der Waals surface area contributed by atoms with Crippen molar-refractivity contribution < 1.29 is 36.3 Å². The average Bonchev–Trinajstić information content (AvgIpc) is 3.34. The molecule has 0 radical (unpaired) electrons. The molecule has 0 spiro atoms. The van der Waals surface area contributed by atoms with Crippen LogP contribution < -0.4 is 11.1 Å². The van der Waals surface area contributed by atoms with E-state index < -0.39 is 54.3 Å². The lowest BCUT2D eigenvalue weighted by Gasteiger charge is -2.31. The van der Waals surface area contributed by atoms with E-state index in [4.69, 9.17) is 5.73 Å². The average molecular weight is 489 g/mol. The predicted molar refractivity (Wildman–Crippen MR) is 108 cm³/mol. The molecule has 8 nitrogen and oxygen atoms in total. The highest BCUT2D eigenvalue weighted by Gasteiger charge is 2.60. The van der Waals surface area contributed by atoms with Crippen LogP contribution in [0.4, 0.5) is 22.0 Å². The third-order valence-corrected chi connectivity index (χ3v) is 6.75. The van der Waals surface area contributed by atoms with Crippen LogP contribution in [0.2, 0.25) is 0 Å². The van der Waals surface area contributed by atoms with Crippen LogP contribution in [-0.2, 0) is 20.7 Å². The van der Waals surface area contributed by atoms with Gasteiger partial charge in [-0.1, -0.05) is 0 Å². The molecule has 2 aromatic heterocycles. The number of imidazole rings is 1. The van der Waals surface area contributed by atoms with Crippen LogP contribution in [0.3, 0.4) is 0 Å². The van der Waals surface area contributed by atoms with Gasteiger partial charge in [0, 0.05) is 25.7 Å². The third kappa shape index (κ3) is 4.44. The minimum Gasteiger partial charge on any atom is -0.468 e. The van der Waals surface area contributed by atoms with E-state index in [0.29, 0.717) is 11.3 Å². The highest BCUT2D eigenvalue weighted by molar-refractivity contribution is 6.04. The Kier molecular flexibility index (Phi) is 6.03. The largest absolute Gasteiger partial charge is 0.468 e. The molecule has 1 amide bonds. The van der Waals surface area contributed by atoms with Gasteiger partial charge in [0.05, 0.1) is 30.7 Å². The number of methoxy groups -OCH3 is 1. The van der Waals surface area contributed by atoms with Crippen molar-refractivity contribution in [3.05, 3.63) is 29.7 Å². The second-order valence-corrected chi connectivity index (χ2v) is 9.03. The zero-order chi connectivity index (χ0) is 24.9. The summed E-state index contributed by atoms with van der Waals surface area (Å²) in [6.45, 7) is 0. The normalized spacial score (nSPS) is 26.4. The summed E-state index contributed by atoms with van der Waals surface area (Å²) in [6.07, 6.45) is -4.37. The van der Waals surface area contributed by atoms with Gasteiger partial charge in [-0.25, -0.2) is 18.3 Å². The number of esters is 1. The first kappa shape index (κ1) is 24.3. The Morgan fingerprint density at radius 1 is 1.32 bits per heavy atom. The second-order valence-electron chi connectivity index (χ2n) is 9.03. The number of alkyl halides is 5. The number of nitrogens with zero attached hydrogens (tertiary/aromatic N) is 3. The van der Waals surface area contributed by atoms with Crippen molar-refractivity contribution in [2.24, 2.45) is 17.1 Å². The summed E-state index contributed by atoms with van der Waals surface area (Å²) >= 11 is 0. The Labute approximate surface area is 191 Å². The van der Waals surface area contributed by atoms with Gasteiger partial charge in [-0.05, 0) is 30.9 Å². The van der Waals surface area contributed by atoms with E-state index in [1.165, 1.54) is 22.8 Å². The summed E-state index contributed by atoms with van der Waals surface area (Å²) < 4.78 is 72.6. The molecular weight excluding hydrogens is 465 g/mol. The maximum Gasteiger partial charge on any atom is 0.408 e. The van der Waals surface area contributed by atoms with Gasteiger partial charge in [0.15, 0.2) is 11.1 Å². The summed E-state index contributed by atoms with van der Waals surface area (Å²) in [7, 11) is 1.000. The lowest BCUT2D eigenvalue weighted by Crippen LogP contribution is -2.42. The number of ether oxygens (including phenoxy) is 1. The van der Waals surface area contributed by atoms with E-state index in [9.17, 15) is 31.5 Å². The highest BCUT2D eigenvalue weighted by atomic mass is 19.4. The van der Waals surface area contributed by atoms with Crippen molar-refractivity contribution in [1.82, 2.24) is 19.9 Å². The first-order valence-electron chi connectivity index (χ1n) is 10.8. The Bertz CT molecular complexity index is 1090. The first-order valence-corrected chi connectivity index (χ1v) is 10.8. The van der Waals surface area contributed by atoms with Crippen molar-refractivity contribution in [2.45, 2.75) is 62.7 Å². The lowest BCUT2D eigenvalue weighted by molar-refractivity contribution is -0.160. The molecule has 1 unspecified atom stereocenters. The van der Waals surface area contributed by atoms with Crippen LogP contribution in [0, 0.1) is 11.3 Å². The molecule has 1 aliphatic carbocycles. The summed E-state index contributed by atoms with van der Waals surface area (Å²) in [4.78, 5) is 29.3.